The lowest BCUT2D eigenvalue weighted by Crippen LogP contribution is -2.47. The second-order valence-electron chi connectivity index (χ2n) is 6.37. The van der Waals surface area contributed by atoms with Gasteiger partial charge in [-0.25, -0.2) is 0 Å². The van der Waals surface area contributed by atoms with E-state index in [2.05, 4.69) is 50.2 Å². The molecule has 0 amide bonds. The summed E-state index contributed by atoms with van der Waals surface area (Å²) < 4.78 is 0. The van der Waals surface area contributed by atoms with Gasteiger partial charge in [0.15, 0.2) is 5.96 Å². The summed E-state index contributed by atoms with van der Waals surface area (Å²) in [5.41, 5.74) is 0. The summed E-state index contributed by atoms with van der Waals surface area (Å²) in [6.45, 7) is 12.0. The fourth-order valence-electron chi connectivity index (χ4n) is 2.85. The van der Waals surface area contributed by atoms with Crippen LogP contribution in [0.3, 0.4) is 0 Å². The summed E-state index contributed by atoms with van der Waals surface area (Å²) in [4.78, 5) is 4.68. The lowest BCUT2D eigenvalue weighted by molar-refractivity contribution is 0.460. The van der Waals surface area contributed by atoms with Gasteiger partial charge in [-0.05, 0) is 32.6 Å². The van der Waals surface area contributed by atoms with Crippen LogP contribution in [0.2, 0.25) is 0 Å². The van der Waals surface area contributed by atoms with Gasteiger partial charge in [0.25, 0.3) is 0 Å². The van der Waals surface area contributed by atoms with E-state index in [-0.39, 0.29) is 0 Å². The molecule has 0 aliphatic rings. The lowest BCUT2D eigenvalue weighted by Gasteiger charge is -2.25. The molecule has 0 aromatic rings. The maximum atomic E-state index is 4.68. The number of rotatable bonds is 13. The zero-order valence-electron chi connectivity index (χ0n) is 15.9. The molecule has 0 rings (SSSR count). The minimum Gasteiger partial charge on any atom is -0.354 e. The quantitative estimate of drug-likeness (QED) is 0.359. The monoisotopic (exact) mass is 311 g/mol. The van der Waals surface area contributed by atoms with Crippen molar-refractivity contribution in [2.75, 3.05) is 6.54 Å². The smallest absolute Gasteiger partial charge is 0.191 e. The van der Waals surface area contributed by atoms with E-state index in [9.17, 15) is 0 Å². The van der Waals surface area contributed by atoms with E-state index in [0.29, 0.717) is 12.1 Å². The Labute approximate surface area is 139 Å². The van der Waals surface area contributed by atoms with Gasteiger partial charge in [0, 0.05) is 18.6 Å². The number of hydrogen-bond donors (Lipinski definition) is 2. The van der Waals surface area contributed by atoms with E-state index < -0.39 is 0 Å². The third-order valence-electron chi connectivity index (χ3n) is 4.08. The van der Waals surface area contributed by atoms with E-state index in [1.807, 2.05) is 0 Å². The molecule has 3 heteroatoms. The van der Waals surface area contributed by atoms with Gasteiger partial charge in [-0.1, -0.05) is 66.2 Å². The molecule has 2 N–H and O–H groups in total. The molecule has 0 spiro atoms. The first-order chi connectivity index (χ1) is 10.7. The maximum Gasteiger partial charge on any atom is 0.191 e. The number of nitrogens with zero attached hydrogens (tertiary/aromatic N) is 1. The average Bonchev–Trinajstić information content (AvgIpc) is 2.50. The standard InChI is InChI=1S/C19H41N3/c1-6-11-15-17(13-8-3)21-19(20-10-5)22-18(14-9-4)16-12-7-2/h17-18H,6-16H2,1-5H3,(H2,20,21,22). The van der Waals surface area contributed by atoms with Crippen molar-refractivity contribution in [3.63, 3.8) is 0 Å². The van der Waals surface area contributed by atoms with Gasteiger partial charge in [0.05, 0.1) is 0 Å². The SMILES string of the molecule is CCCCC(CCC)NC(=NCC)NC(CCC)CCCC. The van der Waals surface area contributed by atoms with Crippen LogP contribution in [0.1, 0.15) is 98.8 Å². The largest absolute Gasteiger partial charge is 0.354 e. The first-order valence-corrected chi connectivity index (χ1v) is 9.79. The van der Waals surface area contributed by atoms with Crippen molar-refractivity contribution in [2.24, 2.45) is 4.99 Å². The molecule has 0 aliphatic heterocycles. The zero-order valence-corrected chi connectivity index (χ0v) is 15.9. The Morgan fingerprint density at radius 2 is 1.14 bits per heavy atom. The third-order valence-corrected chi connectivity index (χ3v) is 4.08. The number of guanidine groups is 1. The Bertz CT molecular complexity index is 241. The summed E-state index contributed by atoms with van der Waals surface area (Å²) in [5, 5.41) is 7.39. The highest BCUT2D eigenvalue weighted by Crippen LogP contribution is 2.09. The Balaban J connectivity index is 4.61. The Hall–Kier alpha value is -0.730. The molecule has 0 saturated heterocycles. The van der Waals surface area contributed by atoms with Crippen molar-refractivity contribution in [3.05, 3.63) is 0 Å². The van der Waals surface area contributed by atoms with Gasteiger partial charge in [0.1, 0.15) is 0 Å². The van der Waals surface area contributed by atoms with Crippen LogP contribution in [-0.2, 0) is 0 Å². The first kappa shape index (κ1) is 21.3. The van der Waals surface area contributed by atoms with Crippen LogP contribution in [0, 0.1) is 0 Å². The van der Waals surface area contributed by atoms with E-state index in [1.165, 1.54) is 64.2 Å². The highest BCUT2D eigenvalue weighted by Gasteiger charge is 2.13. The Morgan fingerprint density at radius 3 is 1.45 bits per heavy atom. The van der Waals surface area contributed by atoms with Crippen LogP contribution < -0.4 is 10.6 Å². The van der Waals surface area contributed by atoms with Gasteiger partial charge in [-0.15, -0.1) is 0 Å². The highest BCUT2D eigenvalue weighted by molar-refractivity contribution is 5.80. The minimum absolute atomic E-state index is 0.566. The number of hydrogen-bond acceptors (Lipinski definition) is 1. The molecule has 2 unspecified atom stereocenters. The van der Waals surface area contributed by atoms with E-state index in [4.69, 9.17) is 0 Å². The predicted molar refractivity (Wildman–Crippen MR) is 101 cm³/mol. The second kappa shape index (κ2) is 15.2. The van der Waals surface area contributed by atoms with Crippen LogP contribution in [0.15, 0.2) is 4.99 Å². The topological polar surface area (TPSA) is 36.4 Å². The van der Waals surface area contributed by atoms with E-state index >= 15 is 0 Å². The van der Waals surface area contributed by atoms with Gasteiger partial charge in [-0.3, -0.25) is 4.99 Å². The Kier molecular flexibility index (Phi) is 14.7. The van der Waals surface area contributed by atoms with E-state index in [1.54, 1.807) is 0 Å². The Morgan fingerprint density at radius 1 is 0.682 bits per heavy atom. The van der Waals surface area contributed by atoms with Crippen LogP contribution in [0.5, 0.6) is 0 Å². The van der Waals surface area contributed by atoms with Crippen LogP contribution in [-0.4, -0.2) is 24.6 Å². The van der Waals surface area contributed by atoms with Gasteiger partial charge in [-0.2, -0.15) is 0 Å². The maximum absolute atomic E-state index is 4.68. The number of aliphatic imine (C=N–C) groups is 1. The van der Waals surface area contributed by atoms with Crippen molar-refractivity contribution in [3.8, 4) is 0 Å². The molecule has 2 atom stereocenters. The fraction of sp³-hybridized carbons (Fsp3) is 0.947. The molecule has 3 nitrogen and oxygen atoms in total. The molecule has 0 bridgehead atoms. The molecule has 0 aliphatic carbocycles. The first-order valence-electron chi connectivity index (χ1n) is 9.79. The summed E-state index contributed by atoms with van der Waals surface area (Å²) in [7, 11) is 0. The van der Waals surface area contributed by atoms with Crippen molar-refractivity contribution < 1.29 is 0 Å². The molecule has 0 fully saturated rings. The average molecular weight is 312 g/mol. The predicted octanol–water partition coefficient (Wildman–Crippen LogP) is 5.26. The molecule has 0 saturated carbocycles. The molecule has 0 aromatic carbocycles. The van der Waals surface area contributed by atoms with Crippen molar-refractivity contribution >= 4 is 5.96 Å². The summed E-state index contributed by atoms with van der Waals surface area (Å²) in [6, 6.07) is 1.13. The van der Waals surface area contributed by atoms with Crippen LogP contribution in [0.4, 0.5) is 0 Å². The summed E-state index contributed by atoms with van der Waals surface area (Å²) >= 11 is 0. The second-order valence-corrected chi connectivity index (χ2v) is 6.37. The minimum atomic E-state index is 0.566. The third kappa shape index (κ3) is 10.9. The lowest BCUT2D eigenvalue weighted by atomic mass is 10.0. The highest BCUT2D eigenvalue weighted by atomic mass is 15.2. The van der Waals surface area contributed by atoms with Gasteiger partial charge >= 0.3 is 0 Å². The summed E-state index contributed by atoms with van der Waals surface area (Å²) in [6.07, 6.45) is 12.6. The normalized spacial score (nSPS) is 13.5. The fourth-order valence-corrected chi connectivity index (χ4v) is 2.85. The van der Waals surface area contributed by atoms with Gasteiger partial charge < -0.3 is 10.6 Å². The number of unbranched alkanes of at least 4 members (excludes halogenated alkanes) is 2. The summed E-state index contributed by atoms with van der Waals surface area (Å²) in [5.74, 6) is 1.03. The molecular formula is C19H41N3. The molecular weight excluding hydrogens is 270 g/mol. The molecule has 0 aromatic heterocycles. The number of nitrogens with one attached hydrogen (secondary N) is 2. The van der Waals surface area contributed by atoms with Crippen molar-refractivity contribution in [2.45, 2.75) is 111 Å². The zero-order chi connectivity index (χ0) is 16.6. The van der Waals surface area contributed by atoms with Crippen molar-refractivity contribution in [1.29, 1.82) is 0 Å². The van der Waals surface area contributed by atoms with Crippen LogP contribution >= 0.6 is 0 Å². The van der Waals surface area contributed by atoms with E-state index in [0.717, 1.165) is 12.5 Å². The van der Waals surface area contributed by atoms with Crippen molar-refractivity contribution in [1.82, 2.24) is 10.6 Å². The molecule has 132 valence electrons. The molecule has 0 heterocycles. The molecule has 22 heavy (non-hydrogen) atoms. The van der Waals surface area contributed by atoms with Gasteiger partial charge in [0.2, 0.25) is 0 Å². The van der Waals surface area contributed by atoms with Crippen LogP contribution in [0.25, 0.3) is 0 Å². The molecule has 0 radical (unpaired) electrons.